The number of fused-ring (bicyclic) bond motifs is 1. The molecule has 2 aliphatic heterocycles. The monoisotopic (exact) mass is 532 g/mol. The summed E-state index contributed by atoms with van der Waals surface area (Å²) >= 11 is 1.46. The number of anilines is 1. The van der Waals surface area contributed by atoms with Crippen molar-refractivity contribution >= 4 is 38.2 Å². The maximum Gasteiger partial charge on any atom is 0.256 e. The van der Waals surface area contributed by atoms with Crippen molar-refractivity contribution in [3.05, 3.63) is 45.8 Å². The highest BCUT2D eigenvalue weighted by Gasteiger charge is 2.30. The lowest BCUT2D eigenvalue weighted by molar-refractivity contribution is 0.0827. The van der Waals surface area contributed by atoms with Crippen molar-refractivity contribution in [2.45, 2.75) is 63.4 Å². The third-order valence-electron chi connectivity index (χ3n) is 6.98. The fourth-order valence-electron chi connectivity index (χ4n) is 4.79. The van der Waals surface area contributed by atoms with Crippen LogP contribution in [0.4, 0.5) is 5.00 Å². The average Bonchev–Trinajstić information content (AvgIpc) is 3.00. The SMILES string of the molecule is CC(C)N1CCc2c(sc(NC(=O)c3ccc(S(=O)(=O)N4CCCCCC4)cc3)c2C(=O)N(C)C)C1. The van der Waals surface area contributed by atoms with Crippen molar-refractivity contribution < 1.29 is 18.0 Å². The molecule has 10 heteroatoms. The third-order valence-corrected chi connectivity index (χ3v) is 10.0. The standard InChI is InChI=1S/C26H36N4O4S2/c1-18(2)29-16-13-21-22(17-29)35-25(23(21)26(32)28(3)4)27-24(31)19-9-11-20(12-10-19)36(33,34)30-14-7-5-6-8-15-30/h9-12,18H,5-8,13-17H2,1-4H3,(H,27,31). The normalized spacial score (nSPS) is 17.5. The molecule has 0 bridgehead atoms. The minimum Gasteiger partial charge on any atom is -0.345 e. The number of carbonyl (C=O) groups excluding carboxylic acids is 2. The first-order chi connectivity index (χ1) is 17.1. The van der Waals surface area contributed by atoms with Crippen LogP contribution in [0.3, 0.4) is 0 Å². The van der Waals surface area contributed by atoms with Crippen LogP contribution in [0.15, 0.2) is 29.2 Å². The lowest BCUT2D eigenvalue weighted by atomic mass is 10.0. The summed E-state index contributed by atoms with van der Waals surface area (Å²) in [6.45, 7) is 7.00. The first-order valence-corrected chi connectivity index (χ1v) is 14.9. The Balaban J connectivity index is 1.56. The van der Waals surface area contributed by atoms with Crippen molar-refractivity contribution in [2.24, 2.45) is 0 Å². The molecule has 0 atom stereocenters. The van der Waals surface area contributed by atoms with E-state index in [1.54, 1.807) is 30.5 Å². The second-order valence-electron chi connectivity index (χ2n) is 10.0. The topological polar surface area (TPSA) is 90.0 Å². The van der Waals surface area contributed by atoms with E-state index in [9.17, 15) is 18.0 Å². The molecule has 0 radical (unpaired) electrons. The molecule has 1 fully saturated rings. The van der Waals surface area contributed by atoms with E-state index in [0.29, 0.717) is 35.3 Å². The fourth-order valence-corrected chi connectivity index (χ4v) is 7.56. The van der Waals surface area contributed by atoms with Gasteiger partial charge in [-0.2, -0.15) is 4.31 Å². The van der Waals surface area contributed by atoms with Crippen LogP contribution in [0.5, 0.6) is 0 Å². The van der Waals surface area contributed by atoms with E-state index in [1.807, 2.05) is 0 Å². The predicted molar refractivity (Wildman–Crippen MR) is 143 cm³/mol. The molecule has 36 heavy (non-hydrogen) atoms. The second kappa shape index (κ2) is 11.0. The van der Waals surface area contributed by atoms with Crippen LogP contribution >= 0.6 is 11.3 Å². The Labute approximate surface area is 218 Å². The van der Waals surface area contributed by atoms with Gasteiger partial charge in [0, 0.05) is 56.8 Å². The Morgan fingerprint density at radius 2 is 1.64 bits per heavy atom. The summed E-state index contributed by atoms with van der Waals surface area (Å²) in [4.78, 5) is 31.4. The molecule has 2 aliphatic rings. The smallest absolute Gasteiger partial charge is 0.256 e. The Hall–Kier alpha value is -2.27. The maximum atomic E-state index is 13.2. The minimum absolute atomic E-state index is 0.125. The van der Waals surface area contributed by atoms with Crippen LogP contribution in [-0.2, 0) is 23.0 Å². The Bertz CT molecular complexity index is 1210. The summed E-state index contributed by atoms with van der Waals surface area (Å²) in [5.74, 6) is -0.486. The van der Waals surface area contributed by atoms with Gasteiger partial charge in [0.1, 0.15) is 5.00 Å². The number of carbonyl (C=O) groups is 2. The highest BCUT2D eigenvalue weighted by molar-refractivity contribution is 7.89. The largest absolute Gasteiger partial charge is 0.345 e. The Morgan fingerprint density at radius 3 is 2.22 bits per heavy atom. The number of nitrogens with zero attached hydrogens (tertiary/aromatic N) is 3. The lowest BCUT2D eigenvalue weighted by Crippen LogP contribution is -2.36. The van der Waals surface area contributed by atoms with E-state index in [-0.39, 0.29) is 16.7 Å². The van der Waals surface area contributed by atoms with Gasteiger partial charge in [-0.15, -0.1) is 11.3 Å². The number of benzene rings is 1. The summed E-state index contributed by atoms with van der Waals surface area (Å²) in [6, 6.07) is 6.49. The first-order valence-electron chi connectivity index (χ1n) is 12.6. The molecule has 196 valence electrons. The summed E-state index contributed by atoms with van der Waals surface area (Å²) in [7, 11) is -0.154. The molecule has 0 spiro atoms. The molecular formula is C26H36N4O4S2. The Morgan fingerprint density at radius 1 is 1.00 bits per heavy atom. The summed E-state index contributed by atoms with van der Waals surface area (Å²) < 4.78 is 27.7. The molecule has 1 saturated heterocycles. The van der Waals surface area contributed by atoms with E-state index in [1.165, 1.54) is 28.4 Å². The van der Waals surface area contributed by atoms with Gasteiger partial charge >= 0.3 is 0 Å². The van der Waals surface area contributed by atoms with Crippen molar-refractivity contribution in [3.63, 3.8) is 0 Å². The predicted octanol–water partition coefficient (Wildman–Crippen LogP) is 4.03. The molecule has 1 aromatic heterocycles. The number of sulfonamides is 1. The molecule has 4 rings (SSSR count). The molecule has 0 aliphatic carbocycles. The molecule has 8 nitrogen and oxygen atoms in total. The van der Waals surface area contributed by atoms with E-state index in [2.05, 4.69) is 24.1 Å². The molecule has 1 N–H and O–H groups in total. The van der Waals surface area contributed by atoms with Gasteiger partial charge in [0.2, 0.25) is 10.0 Å². The van der Waals surface area contributed by atoms with Crippen molar-refractivity contribution in [2.75, 3.05) is 39.0 Å². The highest BCUT2D eigenvalue weighted by atomic mass is 32.2. The quantitative estimate of drug-likeness (QED) is 0.607. The fraction of sp³-hybridized carbons (Fsp3) is 0.538. The van der Waals surface area contributed by atoms with E-state index in [0.717, 1.165) is 55.6 Å². The summed E-state index contributed by atoms with van der Waals surface area (Å²) in [6.07, 6.45) is 4.59. The number of hydrogen-bond donors (Lipinski definition) is 1. The number of amides is 2. The van der Waals surface area contributed by atoms with Crippen LogP contribution in [0, 0.1) is 0 Å². The summed E-state index contributed by atoms with van der Waals surface area (Å²) in [5.41, 5.74) is 1.94. The van der Waals surface area contributed by atoms with E-state index >= 15 is 0 Å². The zero-order chi connectivity index (χ0) is 26.0. The zero-order valence-corrected chi connectivity index (χ0v) is 23.2. The number of thiophene rings is 1. The second-order valence-corrected chi connectivity index (χ2v) is 13.1. The van der Waals surface area contributed by atoms with Gasteiger partial charge in [-0.05, 0) is 62.9 Å². The lowest BCUT2D eigenvalue weighted by Gasteiger charge is -2.30. The van der Waals surface area contributed by atoms with Gasteiger partial charge in [0.25, 0.3) is 11.8 Å². The molecule has 2 aromatic rings. The minimum atomic E-state index is -3.58. The van der Waals surface area contributed by atoms with E-state index < -0.39 is 10.0 Å². The van der Waals surface area contributed by atoms with Crippen LogP contribution in [-0.4, -0.2) is 74.1 Å². The van der Waals surface area contributed by atoms with Crippen molar-refractivity contribution in [1.82, 2.24) is 14.1 Å². The molecule has 3 heterocycles. The van der Waals surface area contributed by atoms with Gasteiger partial charge in [-0.25, -0.2) is 8.42 Å². The van der Waals surface area contributed by atoms with E-state index in [4.69, 9.17) is 0 Å². The van der Waals surface area contributed by atoms with Gasteiger partial charge in [-0.1, -0.05) is 12.8 Å². The number of hydrogen-bond acceptors (Lipinski definition) is 6. The van der Waals surface area contributed by atoms with Gasteiger partial charge in [0.05, 0.1) is 10.5 Å². The molecule has 1 aromatic carbocycles. The van der Waals surface area contributed by atoms with Crippen molar-refractivity contribution in [3.8, 4) is 0 Å². The number of nitrogens with one attached hydrogen (secondary N) is 1. The van der Waals surface area contributed by atoms with Gasteiger partial charge in [0.15, 0.2) is 0 Å². The van der Waals surface area contributed by atoms with Crippen LogP contribution in [0.2, 0.25) is 0 Å². The van der Waals surface area contributed by atoms with Crippen LogP contribution in [0.25, 0.3) is 0 Å². The van der Waals surface area contributed by atoms with Gasteiger partial charge in [-0.3, -0.25) is 14.5 Å². The Kier molecular flexibility index (Phi) is 8.18. The summed E-state index contributed by atoms with van der Waals surface area (Å²) in [5, 5.41) is 3.50. The molecule has 0 unspecified atom stereocenters. The van der Waals surface area contributed by atoms with Gasteiger partial charge < -0.3 is 10.2 Å². The molecule has 0 saturated carbocycles. The molecular weight excluding hydrogens is 496 g/mol. The highest BCUT2D eigenvalue weighted by Crippen LogP contribution is 2.38. The molecule has 2 amide bonds. The average molecular weight is 533 g/mol. The maximum absolute atomic E-state index is 13.2. The number of rotatable bonds is 6. The van der Waals surface area contributed by atoms with Crippen LogP contribution < -0.4 is 5.32 Å². The van der Waals surface area contributed by atoms with Crippen LogP contribution in [0.1, 0.15) is 70.7 Å². The first kappa shape index (κ1) is 26.8. The third kappa shape index (κ3) is 5.51. The van der Waals surface area contributed by atoms with Crippen molar-refractivity contribution in [1.29, 1.82) is 0 Å². The zero-order valence-electron chi connectivity index (χ0n) is 21.5.